The standard InChI is InChI=1S/C11H14O4.ClH/c1-2-14-7-8-15-10-5-3-9(4-6-10)11(12)13;/h3-6H,2,7-8H2,1H3,(H,12,13);1H. The molecular formula is C11H15ClO4. The van der Waals surface area contributed by atoms with E-state index in [2.05, 4.69) is 0 Å². The lowest BCUT2D eigenvalue weighted by Crippen LogP contribution is -2.06. The van der Waals surface area contributed by atoms with Crippen LogP contribution in [0.4, 0.5) is 0 Å². The van der Waals surface area contributed by atoms with Crippen LogP contribution in [-0.4, -0.2) is 30.9 Å². The Labute approximate surface area is 101 Å². The van der Waals surface area contributed by atoms with Gasteiger partial charge in [-0.2, -0.15) is 0 Å². The maximum atomic E-state index is 10.6. The van der Waals surface area contributed by atoms with Crippen molar-refractivity contribution in [1.82, 2.24) is 0 Å². The van der Waals surface area contributed by atoms with Gasteiger partial charge in [0.2, 0.25) is 0 Å². The summed E-state index contributed by atoms with van der Waals surface area (Å²) >= 11 is 0. The van der Waals surface area contributed by atoms with Crippen molar-refractivity contribution in [3.8, 4) is 5.75 Å². The molecule has 4 nitrogen and oxygen atoms in total. The van der Waals surface area contributed by atoms with Crippen LogP contribution in [0.15, 0.2) is 24.3 Å². The van der Waals surface area contributed by atoms with Crippen molar-refractivity contribution in [2.75, 3.05) is 19.8 Å². The van der Waals surface area contributed by atoms with E-state index in [4.69, 9.17) is 14.6 Å². The van der Waals surface area contributed by atoms with E-state index in [0.717, 1.165) is 0 Å². The Hall–Kier alpha value is -1.26. The smallest absolute Gasteiger partial charge is 0.335 e. The number of ether oxygens (including phenoxy) is 2. The Morgan fingerprint density at radius 2 is 1.88 bits per heavy atom. The number of carboxylic acids is 1. The van der Waals surface area contributed by atoms with Crippen LogP contribution in [0, 0.1) is 0 Å². The minimum absolute atomic E-state index is 0. The van der Waals surface area contributed by atoms with Crippen molar-refractivity contribution in [1.29, 1.82) is 0 Å². The first-order chi connectivity index (χ1) is 7.24. The summed E-state index contributed by atoms with van der Waals surface area (Å²) in [7, 11) is 0. The predicted molar refractivity (Wildman–Crippen MR) is 62.6 cm³/mol. The van der Waals surface area contributed by atoms with E-state index >= 15 is 0 Å². The average Bonchev–Trinajstić information content (AvgIpc) is 2.25. The molecule has 0 spiro atoms. The van der Waals surface area contributed by atoms with Gasteiger partial charge in [0.25, 0.3) is 0 Å². The van der Waals surface area contributed by atoms with Gasteiger partial charge in [-0.25, -0.2) is 4.79 Å². The molecule has 90 valence electrons. The molecule has 1 aromatic carbocycles. The third-order valence-electron chi connectivity index (χ3n) is 1.80. The van der Waals surface area contributed by atoms with Crippen molar-refractivity contribution in [3.63, 3.8) is 0 Å². The van der Waals surface area contributed by atoms with Crippen molar-refractivity contribution >= 4 is 18.4 Å². The summed E-state index contributed by atoms with van der Waals surface area (Å²) in [5.74, 6) is -0.282. The lowest BCUT2D eigenvalue weighted by molar-refractivity contribution is 0.0696. The Morgan fingerprint density at radius 3 is 2.38 bits per heavy atom. The molecule has 0 radical (unpaired) electrons. The number of hydrogen-bond acceptors (Lipinski definition) is 3. The van der Waals surface area contributed by atoms with Gasteiger partial charge in [0, 0.05) is 6.61 Å². The molecule has 0 aromatic heterocycles. The summed E-state index contributed by atoms with van der Waals surface area (Å²) in [5.41, 5.74) is 0.257. The van der Waals surface area contributed by atoms with Crippen LogP contribution in [0.3, 0.4) is 0 Å². The van der Waals surface area contributed by atoms with E-state index in [-0.39, 0.29) is 18.0 Å². The van der Waals surface area contributed by atoms with Gasteiger partial charge >= 0.3 is 5.97 Å². The van der Waals surface area contributed by atoms with Gasteiger partial charge in [0.15, 0.2) is 0 Å². The average molecular weight is 247 g/mol. The van der Waals surface area contributed by atoms with E-state index < -0.39 is 5.97 Å². The summed E-state index contributed by atoms with van der Waals surface area (Å²) < 4.78 is 10.4. The van der Waals surface area contributed by atoms with Crippen LogP contribution in [0.1, 0.15) is 17.3 Å². The molecule has 16 heavy (non-hydrogen) atoms. The Morgan fingerprint density at radius 1 is 1.25 bits per heavy atom. The normalized spacial score (nSPS) is 9.31. The fourth-order valence-corrected chi connectivity index (χ4v) is 1.06. The molecule has 0 heterocycles. The van der Waals surface area contributed by atoms with Gasteiger partial charge in [-0.05, 0) is 31.2 Å². The van der Waals surface area contributed by atoms with Crippen molar-refractivity contribution < 1.29 is 19.4 Å². The molecule has 0 unspecified atom stereocenters. The molecule has 0 aliphatic carbocycles. The van der Waals surface area contributed by atoms with Crippen LogP contribution in [0.2, 0.25) is 0 Å². The maximum Gasteiger partial charge on any atom is 0.335 e. The lowest BCUT2D eigenvalue weighted by Gasteiger charge is -2.05. The fraction of sp³-hybridized carbons (Fsp3) is 0.364. The van der Waals surface area contributed by atoms with Crippen molar-refractivity contribution in [3.05, 3.63) is 29.8 Å². The largest absolute Gasteiger partial charge is 0.491 e. The SMILES string of the molecule is CCOCCOc1ccc(C(=O)O)cc1.Cl. The maximum absolute atomic E-state index is 10.6. The van der Waals surface area contributed by atoms with E-state index in [1.54, 1.807) is 12.1 Å². The van der Waals surface area contributed by atoms with Crippen LogP contribution >= 0.6 is 12.4 Å². The fourth-order valence-electron chi connectivity index (χ4n) is 1.06. The number of rotatable bonds is 6. The van der Waals surface area contributed by atoms with E-state index in [0.29, 0.717) is 25.6 Å². The zero-order valence-corrected chi connectivity index (χ0v) is 9.83. The molecule has 0 bridgehead atoms. The zero-order chi connectivity index (χ0) is 11.1. The predicted octanol–water partition coefficient (Wildman–Crippen LogP) is 2.22. The number of benzene rings is 1. The van der Waals surface area contributed by atoms with Gasteiger partial charge in [-0.15, -0.1) is 12.4 Å². The van der Waals surface area contributed by atoms with Gasteiger partial charge < -0.3 is 14.6 Å². The van der Waals surface area contributed by atoms with Gasteiger partial charge in [-0.3, -0.25) is 0 Å². The van der Waals surface area contributed by atoms with Crippen LogP contribution in [-0.2, 0) is 4.74 Å². The van der Waals surface area contributed by atoms with E-state index in [9.17, 15) is 4.79 Å². The summed E-state index contributed by atoms with van der Waals surface area (Å²) in [6.07, 6.45) is 0. The molecular weight excluding hydrogens is 232 g/mol. The molecule has 0 amide bonds. The highest BCUT2D eigenvalue weighted by Gasteiger charge is 2.01. The number of hydrogen-bond donors (Lipinski definition) is 1. The highest BCUT2D eigenvalue weighted by molar-refractivity contribution is 5.87. The first kappa shape index (κ1) is 14.7. The first-order valence-electron chi connectivity index (χ1n) is 4.78. The van der Waals surface area contributed by atoms with Crippen LogP contribution in [0.5, 0.6) is 5.75 Å². The van der Waals surface area contributed by atoms with Gasteiger partial charge in [-0.1, -0.05) is 0 Å². The second-order valence-electron chi connectivity index (χ2n) is 2.87. The number of aromatic carboxylic acids is 1. The second-order valence-corrected chi connectivity index (χ2v) is 2.87. The Bertz CT molecular complexity index is 310. The third kappa shape index (κ3) is 5.00. The van der Waals surface area contributed by atoms with E-state index in [1.807, 2.05) is 6.92 Å². The number of carboxylic acid groups (broad SMARTS) is 1. The first-order valence-corrected chi connectivity index (χ1v) is 4.78. The molecule has 0 aliphatic rings. The highest BCUT2D eigenvalue weighted by Crippen LogP contribution is 2.11. The number of carbonyl (C=O) groups is 1. The molecule has 1 aromatic rings. The molecule has 1 rings (SSSR count). The second kappa shape index (κ2) is 7.96. The van der Waals surface area contributed by atoms with Crippen LogP contribution in [0.25, 0.3) is 0 Å². The van der Waals surface area contributed by atoms with E-state index in [1.165, 1.54) is 12.1 Å². The lowest BCUT2D eigenvalue weighted by atomic mass is 10.2. The topological polar surface area (TPSA) is 55.8 Å². The Kier molecular flexibility index (Phi) is 7.33. The summed E-state index contributed by atoms with van der Waals surface area (Å²) in [5, 5.41) is 8.66. The van der Waals surface area contributed by atoms with Crippen LogP contribution < -0.4 is 4.74 Å². The van der Waals surface area contributed by atoms with Gasteiger partial charge in [0.1, 0.15) is 12.4 Å². The minimum atomic E-state index is -0.934. The molecule has 0 saturated carbocycles. The minimum Gasteiger partial charge on any atom is -0.491 e. The highest BCUT2D eigenvalue weighted by atomic mass is 35.5. The third-order valence-corrected chi connectivity index (χ3v) is 1.80. The molecule has 1 N–H and O–H groups in total. The summed E-state index contributed by atoms with van der Waals surface area (Å²) in [4.78, 5) is 10.6. The zero-order valence-electron chi connectivity index (χ0n) is 9.01. The molecule has 0 atom stereocenters. The van der Waals surface area contributed by atoms with Crippen molar-refractivity contribution in [2.45, 2.75) is 6.92 Å². The number of halogens is 1. The van der Waals surface area contributed by atoms with Gasteiger partial charge in [0.05, 0.1) is 12.2 Å². The quantitative estimate of drug-likeness (QED) is 0.782. The molecule has 5 heteroatoms. The summed E-state index contributed by atoms with van der Waals surface area (Å²) in [6.45, 7) is 3.60. The van der Waals surface area contributed by atoms with Crippen molar-refractivity contribution in [2.24, 2.45) is 0 Å². The summed E-state index contributed by atoms with van der Waals surface area (Å²) in [6, 6.07) is 6.29. The Balaban J connectivity index is 0.00000225. The molecule has 0 aliphatic heterocycles. The molecule has 0 saturated heterocycles. The monoisotopic (exact) mass is 246 g/mol. The molecule has 0 fully saturated rings.